The molecule has 5 heteroatoms. The average Bonchev–Trinajstić information content (AvgIpc) is 2.74. The summed E-state index contributed by atoms with van der Waals surface area (Å²) in [5.41, 5.74) is 5.13. The molecule has 5 nitrogen and oxygen atoms in total. The number of carbonyl (C=O) groups is 1. The Balaban J connectivity index is 2.13. The van der Waals surface area contributed by atoms with Crippen LogP contribution < -0.4 is 10.6 Å². The molecule has 2 heterocycles. The van der Waals surface area contributed by atoms with Crippen LogP contribution in [0, 0.1) is 6.92 Å². The van der Waals surface area contributed by atoms with Gasteiger partial charge in [-0.1, -0.05) is 12.1 Å². The van der Waals surface area contributed by atoms with Gasteiger partial charge in [-0.3, -0.25) is 9.48 Å². The molecule has 1 aromatic heterocycles. The molecule has 0 unspecified atom stereocenters. The quantitative estimate of drug-likeness (QED) is 0.891. The smallest absolute Gasteiger partial charge is 0.226 e. The number of para-hydroxylation sites is 1. The van der Waals surface area contributed by atoms with Gasteiger partial charge in [0.25, 0.3) is 0 Å². The molecule has 0 fully saturated rings. The molecule has 0 saturated heterocycles. The summed E-state index contributed by atoms with van der Waals surface area (Å²) in [7, 11) is 0. The second-order valence-electron chi connectivity index (χ2n) is 6.21. The average molecular weight is 298 g/mol. The summed E-state index contributed by atoms with van der Waals surface area (Å²) in [5, 5.41) is 10.9. The zero-order valence-electron chi connectivity index (χ0n) is 13.5. The Morgan fingerprint density at radius 1 is 1.32 bits per heavy atom. The highest BCUT2D eigenvalue weighted by Gasteiger charge is 2.22. The Kier molecular flexibility index (Phi) is 3.64. The van der Waals surface area contributed by atoms with Crippen LogP contribution in [0.25, 0.3) is 11.1 Å². The largest absolute Gasteiger partial charge is 0.380 e. The fraction of sp³-hybridized carbons (Fsp3) is 0.412. The van der Waals surface area contributed by atoms with Gasteiger partial charge in [-0.2, -0.15) is 5.10 Å². The van der Waals surface area contributed by atoms with Crippen molar-refractivity contribution in [2.24, 2.45) is 0 Å². The van der Waals surface area contributed by atoms with Gasteiger partial charge in [0.15, 0.2) is 0 Å². The van der Waals surface area contributed by atoms with E-state index >= 15 is 0 Å². The first-order chi connectivity index (χ1) is 10.5. The predicted octanol–water partition coefficient (Wildman–Crippen LogP) is 3.58. The van der Waals surface area contributed by atoms with E-state index in [0.717, 1.165) is 28.2 Å². The molecule has 3 rings (SSSR count). The maximum Gasteiger partial charge on any atom is 0.226 e. The first-order valence-electron chi connectivity index (χ1n) is 7.71. The van der Waals surface area contributed by atoms with Crippen LogP contribution in [0.1, 0.15) is 38.9 Å². The topological polar surface area (TPSA) is 59.0 Å². The van der Waals surface area contributed by atoms with Gasteiger partial charge in [0.05, 0.1) is 17.6 Å². The molecule has 2 aromatic rings. The molecule has 0 bridgehead atoms. The number of hydrogen-bond acceptors (Lipinski definition) is 3. The number of aromatic nitrogens is 2. The predicted molar refractivity (Wildman–Crippen MR) is 89.1 cm³/mol. The van der Waals surface area contributed by atoms with E-state index in [0.29, 0.717) is 12.5 Å². The molecular weight excluding hydrogens is 276 g/mol. The molecule has 0 radical (unpaired) electrons. The van der Waals surface area contributed by atoms with E-state index in [2.05, 4.69) is 42.6 Å². The Morgan fingerprint density at radius 2 is 2.09 bits per heavy atom. The number of nitrogens with zero attached hydrogens (tertiary/aromatic N) is 2. The van der Waals surface area contributed by atoms with Crippen LogP contribution in [-0.2, 0) is 4.79 Å². The van der Waals surface area contributed by atoms with Crippen molar-refractivity contribution in [2.75, 3.05) is 10.6 Å². The lowest BCUT2D eigenvalue weighted by Crippen LogP contribution is -2.19. The van der Waals surface area contributed by atoms with Gasteiger partial charge >= 0.3 is 0 Å². The molecule has 1 aromatic carbocycles. The van der Waals surface area contributed by atoms with Gasteiger partial charge in [-0.05, 0) is 33.8 Å². The number of rotatable bonds is 2. The zero-order chi connectivity index (χ0) is 15.9. The van der Waals surface area contributed by atoms with Crippen molar-refractivity contribution in [2.45, 2.75) is 46.2 Å². The molecule has 0 saturated carbocycles. The molecule has 1 aliphatic heterocycles. The van der Waals surface area contributed by atoms with Crippen molar-refractivity contribution in [3.63, 3.8) is 0 Å². The van der Waals surface area contributed by atoms with Crippen LogP contribution in [-0.4, -0.2) is 21.7 Å². The first kappa shape index (κ1) is 14.6. The summed E-state index contributed by atoms with van der Waals surface area (Å²) in [6.07, 6.45) is 2.38. The Labute approximate surface area is 130 Å². The third kappa shape index (κ3) is 2.47. The third-order valence-electron chi connectivity index (χ3n) is 4.04. The normalized spacial score (nSPS) is 17.7. The van der Waals surface area contributed by atoms with Crippen molar-refractivity contribution in [3.8, 4) is 11.1 Å². The Hall–Kier alpha value is -2.30. The van der Waals surface area contributed by atoms with Crippen LogP contribution in [0.5, 0.6) is 0 Å². The van der Waals surface area contributed by atoms with Crippen molar-refractivity contribution in [1.29, 1.82) is 0 Å². The van der Waals surface area contributed by atoms with Gasteiger partial charge < -0.3 is 10.6 Å². The minimum absolute atomic E-state index is 0.0468. The second-order valence-corrected chi connectivity index (χ2v) is 6.21. The summed E-state index contributed by atoms with van der Waals surface area (Å²) < 4.78 is 2.02. The fourth-order valence-corrected chi connectivity index (χ4v) is 3.02. The lowest BCUT2D eigenvalue weighted by atomic mass is 10.0. The molecule has 1 amide bonds. The van der Waals surface area contributed by atoms with Gasteiger partial charge in [0.2, 0.25) is 5.91 Å². The van der Waals surface area contributed by atoms with E-state index in [4.69, 9.17) is 0 Å². The molecule has 1 atom stereocenters. The van der Waals surface area contributed by atoms with Gasteiger partial charge in [0.1, 0.15) is 0 Å². The van der Waals surface area contributed by atoms with Crippen LogP contribution >= 0.6 is 0 Å². The minimum atomic E-state index is 0.0468. The fourth-order valence-electron chi connectivity index (χ4n) is 3.02. The highest BCUT2D eigenvalue weighted by Crippen LogP contribution is 2.38. The molecule has 116 valence electrons. The van der Waals surface area contributed by atoms with Crippen molar-refractivity contribution in [3.05, 3.63) is 30.1 Å². The monoisotopic (exact) mass is 298 g/mol. The van der Waals surface area contributed by atoms with Crippen LogP contribution in [0.3, 0.4) is 0 Å². The maximum absolute atomic E-state index is 11.9. The number of fused-ring (bicyclic) bond motifs is 1. The van der Waals surface area contributed by atoms with E-state index in [1.165, 1.54) is 0 Å². The van der Waals surface area contributed by atoms with Crippen LogP contribution in [0.2, 0.25) is 0 Å². The summed E-state index contributed by atoms with van der Waals surface area (Å²) >= 11 is 0. The van der Waals surface area contributed by atoms with Crippen molar-refractivity contribution >= 4 is 17.3 Å². The third-order valence-corrected chi connectivity index (χ3v) is 4.04. The SMILES string of the molecule is Cc1c(-c2cccc3c2N[C@H](C)CC(=O)N3)cnn1C(C)C. The number of amides is 1. The minimum Gasteiger partial charge on any atom is -0.380 e. The number of anilines is 2. The van der Waals surface area contributed by atoms with Crippen LogP contribution in [0.15, 0.2) is 24.4 Å². The second kappa shape index (κ2) is 5.48. The number of nitrogens with one attached hydrogen (secondary N) is 2. The molecule has 0 aliphatic carbocycles. The van der Waals surface area contributed by atoms with E-state index in [1.54, 1.807) is 0 Å². The van der Waals surface area contributed by atoms with Gasteiger partial charge in [-0.15, -0.1) is 0 Å². The van der Waals surface area contributed by atoms with E-state index < -0.39 is 0 Å². The summed E-state index contributed by atoms with van der Waals surface area (Å²) in [5.74, 6) is 0.0468. The highest BCUT2D eigenvalue weighted by molar-refractivity contribution is 6.00. The van der Waals surface area contributed by atoms with Gasteiger partial charge in [0, 0.05) is 35.3 Å². The van der Waals surface area contributed by atoms with Gasteiger partial charge in [-0.25, -0.2) is 0 Å². The summed E-state index contributed by atoms with van der Waals surface area (Å²) in [6, 6.07) is 6.40. The summed E-state index contributed by atoms with van der Waals surface area (Å²) in [4.78, 5) is 11.9. The van der Waals surface area contributed by atoms with E-state index in [-0.39, 0.29) is 11.9 Å². The van der Waals surface area contributed by atoms with Crippen molar-refractivity contribution < 1.29 is 4.79 Å². The number of benzene rings is 1. The molecule has 2 N–H and O–H groups in total. The highest BCUT2D eigenvalue weighted by atomic mass is 16.1. The molecular formula is C17H22N4O. The van der Waals surface area contributed by atoms with E-state index in [1.807, 2.05) is 29.9 Å². The summed E-state index contributed by atoms with van der Waals surface area (Å²) in [6.45, 7) is 8.35. The Morgan fingerprint density at radius 3 is 2.77 bits per heavy atom. The molecule has 22 heavy (non-hydrogen) atoms. The lowest BCUT2D eigenvalue weighted by Gasteiger charge is -2.17. The standard InChI is InChI=1S/C17H22N4O/c1-10(2)21-12(4)14(9-18-21)13-6-5-7-15-17(13)19-11(3)8-16(22)20-15/h5-7,9-11,19H,8H2,1-4H3,(H,20,22)/t11-/m1/s1. The van der Waals surface area contributed by atoms with Crippen molar-refractivity contribution in [1.82, 2.24) is 9.78 Å². The maximum atomic E-state index is 11.9. The molecule has 0 spiro atoms. The number of hydrogen-bond donors (Lipinski definition) is 2. The lowest BCUT2D eigenvalue weighted by molar-refractivity contribution is -0.116. The first-order valence-corrected chi connectivity index (χ1v) is 7.71. The van der Waals surface area contributed by atoms with Crippen LogP contribution in [0.4, 0.5) is 11.4 Å². The number of carbonyl (C=O) groups excluding carboxylic acids is 1. The Bertz CT molecular complexity index is 717. The zero-order valence-corrected chi connectivity index (χ0v) is 13.5. The van der Waals surface area contributed by atoms with E-state index in [9.17, 15) is 4.79 Å². The molecule has 1 aliphatic rings.